The Labute approximate surface area is 77.4 Å². The highest BCUT2D eigenvalue weighted by atomic mass is 16.2. The van der Waals surface area contributed by atoms with E-state index < -0.39 is 11.8 Å². The zero-order chi connectivity index (χ0) is 10.0. The van der Waals surface area contributed by atoms with Gasteiger partial charge in [-0.15, -0.1) is 0 Å². The summed E-state index contributed by atoms with van der Waals surface area (Å²) in [5.41, 5.74) is 5.10. The SMILES string of the molecule is CC(C)N1C=CCC(C(N)=O)C1=O. The molecule has 0 saturated carbocycles. The minimum atomic E-state index is -0.674. The monoisotopic (exact) mass is 182 g/mol. The number of hydrogen-bond donors (Lipinski definition) is 1. The van der Waals surface area contributed by atoms with Crippen molar-refractivity contribution in [1.82, 2.24) is 4.90 Å². The van der Waals surface area contributed by atoms with Gasteiger partial charge in [0.25, 0.3) is 0 Å². The molecular weight excluding hydrogens is 168 g/mol. The van der Waals surface area contributed by atoms with E-state index in [0.29, 0.717) is 6.42 Å². The molecule has 0 aliphatic carbocycles. The zero-order valence-corrected chi connectivity index (χ0v) is 7.86. The van der Waals surface area contributed by atoms with Crippen LogP contribution in [0.15, 0.2) is 12.3 Å². The Balaban J connectivity index is 2.82. The number of nitrogens with two attached hydrogens (primary N) is 1. The molecule has 13 heavy (non-hydrogen) atoms. The minimum Gasteiger partial charge on any atom is -0.369 e. The van der Waals surface area contributed by atoms with Gasteiger partial charge in [0, 0.05) is 12.2 Å². The molecule has 0 fully saturated rings. The van der Waals surface area contributed by atoms with Crippen LogP contribution in [-0.2, 0) is 9.59 Å². The number of amides is 2. The van der Waals surface area contributed by atoms with Crippen LogP contribution >= 0.6 is 0 Å². The molecule has 0 spiro atoms. The summed E-state index contributed by atoms with van der Waals surface area (Å²) in [4.78, 5) is 24.0. The lowest BCUT2D eigenvalue weighted by Crippen LogP contribution is -2.44. The molecule has 2 N–H and O–H groups in total. The summed E-state index contributed by atoms with van der Waals surface area (Å²) >= 11 is 0. The standard InChI is InChI=1S/C9H14N2O2/c1-6(2)11-5-3-4-7(8(10)12)9(11)13/h3,5-7H,4H2,1-2H3,(H2,10,12). The van der Waals surface area contributed by atoms with E-state index in [4.69, 9.17) is 5.73 Å². The number of allylic oxidation sites excluding steroid dienone is 1. The van der Waals surface area contributed by atoms with Crippen LogP contribution in [0.25, 0.3) is 0 Å². The first kappa shape index (κ1) is 9.77. The van der Waals surface area contributed by atoms with Crippen LogP contribution in [0.4, 0.5) is 0 Å². The Kier molecular flexibility index (Phi) is 2.70. The molecule has 72 valence electrons. The Morgan fingerprint density at radius 2 is 2.31 bits per heavy atom. The molecule has 1 aliphatic heterocycles. The first-order valence-corrected chi connectivity index (χ1v) is 4.32. The maximum atomic E-state index is 11.6. The van der Waals surface area contributed by atoms with Crippen LogP contribution in [0.2, 0.25) is 0 Å². The molecule has 2 amide bonds. The molecule has 0 aromatic heterocycles. The van der Waals surface area contributed by atoms with Gasteiger partial charge in [0.15, 0.2) is 0 Å². The molecule has 1 atom stereocenters. The summed E-state index contributed by atoms with van der Waals surface area (Å²) in [6.45, 7) is 3.79. The lowest BCUT2D eigenvalue weighted by Gasteiger charge is -2.29. The first-order valence-electron chi connectivity index (χ1n) is 4.32. The molecule has 1 rings (SSSR count). The van der Waals surface area contributed by atoms with Gasteiger partial charge in [-0.3, -0.25) is 9.59 Å². The van der Waals surface area contributed by atoms with Crippen molar-refractivity contribution in [2.75, 3.05) is 0 Å². The average Bonchev–Trinajstić information content (AvgIpc) is 2.03. The number of primary amides is 1. The van der Waals surface area contributed by atoms with Crippen LogP contribution in [-0.4, -0.2) is 22.8 Å². The molecule has 0 bridgehead atoms. The van der Waals surface area contributed by atoms with Crippen molar-refractivity contribution >= 4 is 11.8 Å². The van der Waals surface area contributed by atoms with Crippen molar-refractivity contribution < 1.29 is 9.59 Å². The predicted octanol–water partition coefficient (Wildman–Crippen LogP) is 0.242. The fourth-order valence-corrected chi connectivity index (χ4v) is 1.33. The van der Waals surface area contributed by atoms with Crippen molar-refractivity contribution in [3.63, 3.8) is 0 Å². The number of hydrogen-bond acceptors (Lipinski definition) is 2. The number of carbonyl (C=O) groups is 2. The fraction of sp³-hybridized carbons (Fsp3) is 0.556. The van der Waals surface area contributed by atoms with Gasteiger partial charge >= 0.3 is 0 Å². The molecule has 0 radical (unpaired) electrons. The first-order chi connectivity index (χ1) is 6.04. The summed E-state index contributed by atoms with van der Waals surface area (Å²) in [6, 6.07) is 0.0749. The van der Waals surface area contributed by atoms with Crippen LogP contribution in [0.1, 0.15) is 20.3 Å². The molecule has 0 aromatic carbocycles. The van der Waals surface area contributed by atoms with Crippen molar-refractivity contribution in [2.45, 2.75) is 26.3 Å². The highest BCUT2D eigenvalue weighted by Crippen LogP contribution is 2.17. The summed E-state index contributed by atoms with van der Waals surface area (Å²) in [5.74, 6) is -1.41. The van der Waals surface area contributed by atoms with Gasteiger partial charge in [0.1, 0.15) is 5.92 Å². The van der Waals surface area contributed by atoms with E-state index in [1.807, 2.05) is 13.8 Å². The third kappa shape index (κ3) is 1.88. The number of rotatable bonds is 2. The third-order valence-electron chi connectivity index (χ3n) is 2.09. The second kappa shape index (κ2) is 3.60. The number of nitrogens with zero attached hydrogens (tertiary/aromatic N) is 1. The molecule has 4 heteroatoms. The largest absolute Gasteiger partial charge is 0.369 e. The van der Waals surface area contributed by atoms with Crippen LogP contribution in [0.5, 0.6) is 0 Å². The molecule has 1 unspecified atom stereocenters. The fourth-order valence-electron chi connectivity index (χ4n) is 1.33. The average molecular weight is 182 g/mol. The minimum absolute atomic E-state index is 0.0749. The van der Waals surface area contributed by atoms with Gasteiger partial charge in [-0.1, -0.05) is 6.08 Å². The van der Waals surface area contributed by atoms with Crippen LogP contribution in [0, 0.1) is 5.92 Å². The molecule has 0 aromatic rings. The molecule has 1 heterocycles. The van der Waals surface area contributed by atoms with E-state index in [0.717, 1.165) is 0 Å². The van der Waals surface area contributed by atoms with E-state index in [-0.39, 0.29) is 11.9 Å². The van der Waals surface area contributed by atoms with Crippen molar-refractivity contribution in [3.05, 3.63) is 12.3 Å². The van der Waals surface area contributed by atoms with Gasteiger partial charge in [-0.25, -0.2) is 0 Å². The maximum absolute atomic E-state index is 11.6. The van der Waals surface area contributed by atoms with Crippen LogP contribution < -0.4 is 5.73 Å². The Bertz CT molecular complexity index is 258. The molecule has 0 saturated heterocycles. The Morgan fingerprint density at radius 3 is 2.77 bits per heavy atom. The topological polar surface area (TPSA) is 63.4 Å². The summed E-state index contributed by atoms with van der Waals surface area (Å²) in [5, 5.41) is 0. The lowest BCUT2D eigenvalue weighted by atomic mass is 9.99. The maximum Gasteiger partial charge on any atom is 0.239 e. The highest BCUT2D eigenvalue weighted by molar-refractivity contribution is 6.00. The van der Waals surface area contributed by atoms with Crippen molar-refractivity contribution in [2.24, 2.45) is 11.7 Å². The predicted molar refractivity (Wildman–Crippen MR) is 48.4 cm³/mol. The zero-order valence-electron chi connectivity index (χ0n) is 7.86. The summed E-state index contributed by atoms with van der Waals surface area (Å²) in [7, 11) is 0. The number of carbonyl (C=O) groups excluding carboxylic acids is 2. The normalized spacial score (nSPS) is 22.5. The van der Waals surface area contributed by atoms with Crippen molar-refractivity contribution in [3.8, 4) is 0 Å². The smallest absolute Gasteiger partial charge is 0.239 e. The van der Waals surface area contributed by atoms with E-state index in [9.17, 15) is 9.59 Å². The summed E-state index contributed by atoms with van der Waals surface area (Å²) in [6.07, 6.45) is 3.95. The lowest BCUT2D eigenvalue weighted by molar-refractivity contribution is -0.140. The van der Waals surface area contributed by atoms with Crippen molar-refractivity contribution in [1.29, 1.82) is 0 Å². The second-order valence-electron chi connectivity index (χ2n) is 3.41. The molecule has 1 aliphatic rings. The second-order valence-corrected chi connectivity index (χ2v) is 3.41. The van der Waals surface area contributed by atoms with E-state index in [1.165, 1.54) is 0 Å². The van der Waals surface area contributed by atoms with E-state index in [1.54, 1.807) is 17.2 Å². The van der Waals surface area contributed by atoms with Gasteiger partial charge in [0.05, 0.1) is 0 Å². The van der Waals surface area contributed by atoms with Gasteiger partial charge in [-0.05, 0) is 20.3 Å². The van der Waals surface area contributed by atoms with Gasteiger partial charge < -0.3 is 10.6 Å². The van der Waals surface area contributed by atoms with Gasteiger partial charge in [0.2, 0.25) is 11.8 Å². The van der Waals surface area contributed by atoms with Gasteiger partial charge in [-0.2, -0.15) is 0 Å². The van der Waals surface area contributed by atoms with E-state index in [2.05, 4.69) is 0 Å². The molecular formula is C9H14N2O2. The van der Waals surface area contributed by atoms with Crippen LogP contribution in [0.3, 0.4) is 0 Å². The Hall–Kier alpha value is -1.32. The highest BCUT2D eigenvalue weighted by Gasteiger charge is 2.30. The molecule has 4 nitrogen and oxygen atoms in total. The van der Waals surface area contributed by atoms with E-state index >= 15 is 0 Å². The third-order valence-corrected chi connectivity index (χ3v) is 2.09. The Morgan fingerprint density at radius 1 is 1.69 bits per heavy atom. The quantitative estimate of drug-likeness (QED) is 0.622. The summed E-state index contributed by atoms with van der Waals surface area (Å²) < 4.78 is 0.